The highest BCUT2D eigenvalue weighted by atomic mass is 35.5. The van der Waals surface area contributed by atoms with Crippen molar-refractivity contribution >= 4 is 33.3 Å². The fraction of sp³-hybridized carbons (Fsp3) is 0.278. The minimum Gasteiger partial charge on any atom is -0.495 e. The van der Waals surface area contributed by atoms with Crippen molar-refractivity contribution in [2.45, 2.75) is 11.8 Å². The molecular formula is C18H18ClNO7S. The predicted octanol–water partition coefficient (Wildman–Crippen LogP) is 2.84. The Hall–Kier alpha value is -2.65. The van der Waals surface area contributed by atoms with Crippen LogP contribution >= 0.6 is 11.6 Å². The van der Waals surface area contributed by atoms with Gasteiger partial charge in [0.25, 0.3) is 10.0 Å². The molecule has 0 saturated carbocycles. The highest BCUT2D eigenvalue weighted by Crippen LogP contribution is 2.37. The van der Waals surface area contributed by atoms with Gasteiger partial charge in [0, 0.05) is 6.07 Å². The number of benzene rings is 2. The van der Waals surface area contributed by atoms with Crippen LogP contribution in [0.25, 0.3) is 0 Å². The lowest BCUT2D eigenvalue weighted by Gasteiger charge is -2.24. The Morgan fingerprint density at radius 1 is 1.18 bits per heavy atom. The van der Waals surface area contributed by atoms with E-state index in [-0.39, 0.29) is 29.0 Å². The molecule has 150 valence electrons. The Morgan fingerprint density at radius 2 is 1.93 bits per heavy atom. The fourth-order valence-electron chi connectivity index (χ4n) is 2.61. The molecular weight excluding hydrogens is 410 g/mol. The first-order valence-corrected chi connectivity index (χ1v) is 10.1. The number of hydrogen-bond donors (Lipinski definition) is 0. The summed E-state index contributed by atoms with van der Waals surface area (Å²) >= 11 is 6.08. The van der Waals surface area contributed by atoms with Gasteiger partial charge in [0.05, 0.1) is 29.3 Å². The zero-order valence-electron chi connectivity index (χ0n) is 15.2. The number of ether oxygens (including phenoxy) is 4. The van der Waals surface area contributed by atoms with Gasteiger partial charge in [-0.1, -0.05) is 11.6 Å². The van der Waals surface area contributed by atoms with Crippen LogP contribution in [0.5, 0.6) is 17.2 Å². The second-order valence-corrected chi connectivity index (χ2v) is 7.92. The second-order valence-electron chi connectivity index (χ2n) is 5.65. The quantitative estimate of drug-likeness (QED) is 0.627. The number of fused-ring (bicyclic) bond motifs is 1. The summed E-state index contributed by atoms with van der Waals surface area (Å²) in [7, 11) is -2.71. The van der Waals surface area contributed by atoms with E-state index in [1.54, 1.807) is 13.0 Å². The first kappa shape index (κ1) is 20.1. The zero-order valence-corrected chi connectivity index (χ0v) is 16.7. The summed E-state index contributed by atoms with van der Waals surface area (Å²) in [5, 5.41) is 0.130. The fourth-order valence-corrected chi connectivity index (χ4v) is 4.36. The molecule has 0 unspecified atom stereocenters. The summed E-state index contributed by atoms with van der Waals surface area (Å²) in [6.45, 7) is 1.29. The number of halogens is 1. The Morgan fingerprint density at radius 3 is 2.61 bits per heavy atom. The molecule has 0 spiro atoms. The number of hydrogen-bond acceptors (Lipinski definition) is 7. The number of carbonyl (C=O) groups is 1. The molecule has 28 heavy (non-hydrogen) atoms. The van der Waals surface area contributed by atoms with Gasteiger partial charge < -0.3 is 18.9 Å². The third-order valence-corrected chi connectivity index (χ3v) is 6.00. The highest BCUT2D eigenvalue weighted by molar-refractivity contribution is 7.92. The molecule has 0 atom stereocenters. The minimum atomic E-state index is -4.14. The molecule has 0 aliphatic carbocycles. The molecule has 1 heterocycles. The van der Waals surface area contributed by atoms with Crippen molar-refractivity contribution in [3.8, 4) is 17.2 Å². The normalized spacial score (nSPS) is 12.5. The van der Waals surface area contributed by atoms with E-state index in [4.69, 9.17) is 30.5 Å². The molecule has 0 bridgehead atoms. The van der Waals surface area contributed by atoms with Gasteiger partial charge in [-0.15, -0.1) is 0 Å². The predicted molar refractivity (Wildman–Crippen MR) is 102 cm³/mol. The molecule has 0 amide bonds. The van der Waals surface area contributed by atoms with Gasteiger partial charge in [-0.3, -0.25) is 9.10 Å². The Labute approximate surface area is 167 Å². The second kappa shape index (κ2) is 8.15. The molecule has 0 radical (unpaired) electrons. The van der Waals surface area contributed by atoms with Crippen molar-refractivity contribution in [3.05, 3.63) is 41.4 Å². The third kappa shape index (κ3) is 3.95. The van der Waals surface area contributed by atoms with Crippen LogP contribution < -0.4 is 18.5 Å². The number of nitrogens with zero attached hydrogens (tertiary/aromatic N) is 1. The standard InChI is InChI=1S/C18H18ClNO7S/c1-3-25-18(21)10-20(12-4-6-16-17(8-12)27-11-26-16)28(22,23)13-5-7-15(24-2)14(19)9-13/h4-9H,3,10-11H2,1-2H3. The summed E-state index contributed by atoms with van der Waals surface area (Å²) < 4.78 is 48.0. The van der Waals surface area contributed by atoms with Crippen molar-refractivity contribution < 1.29 is 32.2 Å². The van der Waals surface area contributed by atoms with Crippen LogP contribution in [-0.4, -0.2) is 41.4 Å². The van der Waals surface area contributed by atoms with Crippen LogP contribution in [0.2, 0.25) is 5.02 Å². The smallest absolute Gasteiger partial charge is 0.326 e. The Kier molecular flexibility index (Phi) is 5.85. The summed E-state index contributed by atoms with van der Waals surface area (Å²) in [5.41, 5.74) is 0.226. The van der Waals surface area contributed by atoms with Gasteiger partial charge in [0.15, 0.2) is 11.5 Å². The van der Waals surface area contributed by atoms with Crippen LogP contribution in [0, 0.1) is 0 Å². The van der Waals surface area contributed by atoms with Crippen molar-refractivity contribution in [2.24, 2.45) is 0 Å². The van der Waals surface area contributed by atoms with Gasteiger partial charge in [-0.25, -0.2) is 8.42 Å². The largest absolute Gasteiger partial charge is 0.495 e. The van der Waals surface area contributed by atoms with E-state index in [2.05, 4.69) is 0 Å². The molecule has 8 nitrogen and oxygen atoms in total. The van der Waals surface area contributed by atoms with Crippen LogP contribution in [-0.2, 0) is 19.6 Å². The Bertz CT molecular complexity index is 993. The highest BCUT2D eigenvalue weighted by Gasteiger charge is 2.30. The van der Waals surface area contributed by atoms with Crippen molar-refractivity contribution in [3.63, 3.8) is 0 Å². The maximum absolute atomic E-state index is 13.3. The third-order valence-electron chi connectivity index (χ3n) is 3.93. The van der Waals surface area contributed by atoms with Crippen molar-refractivity contribution in [1.29, 1.82) is 0 Å². The number of rotatable bonds is 7. The lowest BCUT2D eigenvalue weighted by molar-refractivity contribution is -0.141. The average molecular weight is 428 g/mol. The summed E-state index contributed by atoms with van der Waals surface area (Å²) in [4.78, 5) is 12.0. The van der Waals surface area contributed by atoms with E-state index < -0.39 is 22.5 Å². The Balaban J connectivity index is 2.04. The number of carbonyl (C=O) groups excluding carboxylic acids is 1. The SMILES string of the molecule is CCOC(=O)CN(c1ccc2c(c1)OCO2)S(=O)(=O)c1ccc(OC)c(Cl)c1. The molecule has 3 rings (SSSR count). The van der Waals surface area contributed by atoms with Crippen molar-refractivity contribution in [2.75, 3.05) is 31.4 Å². The van der Waals surface area contributed by atoms with Gasteiger partial charge in [0.2, 0.25) is 6.79 Å². The molecule has 0 fully saturated rings. The van der Waals surface area contributed by atoms with Crippen LogP contribution in [0.3, 0.4) is 0 Å². The maximum Gasteiger partial charge on any atom is 0.326 e. The molecule has 2 aromatic rings. The summed E-state index contributed by atoms with van der Waals surface area (Å²) in [5.74, 6) is 0.517. The average Bonchev–Trinajstić information content (AvgIpc) is 3.14. The molecule has 1 aliphatic rings. The van der Waals surface area contributed by atoms with E-state index >= 15 is 0 Å². The van der Waals surface area contributed by atoms with E-state index in [1.165, 1.54) is 37.4 Å². The first-order chi connectivity index (χ1) is 13.4. The molecule has 0 N–H and O–H groups in total. The van der Waals surface area contributed by atoms with E-state index in [9.17, 15) is 13.2 Å². The zero-order chi connectivity index (χ0) is 20.3. The van der Waals surface area contributed by atoms with Crippen molar-refractivity contribution in [1.82, 2.24) is 0 Å². The number of methoxy groups -OCH3 is 1. The molecule has 0 saturated heterocycles. The first-order valence-electron chi connectivity index (χ1n) is 8.28. The molecule has 0 aromatic heterocycles. The van der Waals surface area contributed by atoms with E-state index in [0.717, 1.165) is 4.31 Å². The molecule has 1 aliphatic heterocycles. The topological polar surface area (TPSA) is 91.4 Å². The maximum atomic E-state index is 13.3. The lowest BCUT2D eigenvalue weighted by Crippen LogP contribution is -2.36. The monoisotopic (exact) mass is 427 g/mol. The van der Waals surface area contributed by atoms with Gasteiger partial charge >= 0.3 is 5.97 Å². The van der Waals surface area contributed by atoms with Gasteiger partial charge in [0.1, 0.15) is 12.3 Å². The minimum absolute atomic E-state index is 0.0392. The summed E-state index contributed by atoms with van der Waals surface area (Å²) in [6, 6.07) is 8.65. The number of anilines is 1. The molecule has 2 aromatic carbocycles. The van der Waals surface area contributed by atoms with Crippen LogP contribution in [0.4, 0.5) is 5.69 Å². The van der Waals surface area contributed by atoms with Gasteiger partial charge in [-0.2, -0.15) is 0 Å². The molecule has 10 heteroatoms. The van der Waals surface area contributed by atoms with Crippen LogP contribution in [0.15, 0.2) is 41.3 Å². The van der Waals surface area contributed by atoms with E-state index in [1.807, 2.05) is 0 Å². The number of sulfonamides is 1. The summed E-state index contributed by atoms with van der Waals surface area (Å²) in [6.07, 6.45) is 0. The van der Waals surface area contributed by atoms with Gasteiger partial charge in [-0.05, 0) is 37.3 Å². The van der Waals surface area contributed by atoms with Crippen LogP contribution in [0.1, 0.15) is 6.92 Å². The van der Waals surface area contributed by atoms with E-state index in [0.29, 0.717) is 17.2 Å². The lowest BCUT2D eigenvalue weighted by atomic mass is 10.3. The number of esters is 1.